The summed E-state index contributed by atoms with van der Waals surface area (Å²) in [5.41, 5.74) is -0.0469. The Balaban J connectivity index is 3.19. The fourth-order valence-electron chi connectivity index (χ4n) is 1.54. The number of ketones is 1. The van der Waals surface area contributed by atoms with Crippen LogP contribution in [0.1, 0.15) is 25.8 Å². The highest BCUT2D eigenvalue weighted by Crippen LogP contribution is 2.32. The Hall–Kier alpha value is -0.850. The molecular weight excluding hydrogens is 289 g/mol. The van der Waals surface area contributed by atoms with Crippen molar-refractivity contribution in [2.45, 2.75) is 25.7 Å². The molecule has 0 saturated heterocycles. The first kappa shape index (κ1) is 13.2. The smallest absolute Gasteiger partial charge is 0.131 e. The standard InChI is InChI=1S/C12H11BrClNO/c1-8(16)6-12(2,7-15)9-3-4-10(13)11(14)5-9/h3-5H,6H2,1-2H3. The van der Waals surface area contributed by atoms with Gasteiger partial charge in [0.2, 0.25) is 0 Å². The molecule has 0 bridgehead atoms. The number of carbonyl (C=O) groups is 1. The maximum absolute atomic E-state index is 11.2. The van der Waals surface area contributed by atoms with Crippen molar-refractivity contribution in [3.8, 4) is 6.07 Å². The van der Waals surface area contributed by atoms with E-state index in [9.17, 15) is 10.1 Å². The molecule has 0 aromatic heterocycles. The zero-order valence-corrected chi connectivity index (χ0v) is 11.4. The van der Waals surface area contributed by atoms with Crippen molar-refractivity contribution in [1.82, 2.24) is 0 Å². The van der Waals surface area contributed by atoms with Crippen LogP contribution < -0.4 is 0 Å². The van der Waals surface area contributed by atoms with Gasteiger partial charge in [-0.2, -0.15) is 5.26 Å². The molecule has 2 nitrogen and oxygen atoms in total. The minimum Gasteiger partial charge on any atom is -0.300 e. The van der Waals surface area contributed by atoms with Gasteiger partial charge in [-0.05, 0) is 47.5 Å². The lowest BCUT2D eigenvalue weighted by Gasteiger charge is -2.21. The summed E-state index contributed by atoms with van der Waals surface area (Å²) in [6, 6.07) is 7.49. The van der Waals surface area contributed by atoms with E-state index in [1.165, 1.54) is 6.92 Å². The van der Waals surface area contributed by atoms with Crippen molar-refractivity contribution in [3.63, 3.8) is 0 Å². The molecule has 0 aliphatic carbocycles. The van der Waals surface area contributed by atoms with Gasteiger partial charge in [-0.25, -0.2) is 0 Å². The minimum atomic E-state index is -0.809. The van der Waals surface area contributed by atoms with E-state index < -0.39 is 5.41 Å². The van der Waals surface area contributed by atoms with Crippen LogP contribution >= 0.6 is 27.5 Å². The average Bonchev–Trinajstić information content (AvgIpc) is 2.21. The molecule has 0 aliphatic heterocycles. The lowest BCUT2D eigenvalue weighted by Crippen LogP contribution is -2.22. The highest BCUT2D eigenvalue weighted by molar-refractivity contribution is 9.10. The van der Waals surface area contributed by atoms with Gasteiger partial charge in [-0.3, -0.25) is 4.79 Å². The first-order valence-corrected chi connectivity index (χ1v) is 5.92. The molecule has 84 valence electrons. The predicted octanol–water partition coefficient (Wildman–Crippen LogP) is 3.86. The van der Waals surface area contributed by atoms with Crippen molar-refractivity contribution in [2.75, 3.05) is 0 Å². The van der Waals surface area contributed by atoms with E-state index in [1.54, 1.807) is 19.1 Å². The Morgan fingerprint density at radius 2 is 2.25 bits per heavy atom. The Bertz CT molecular complexity index is 467. The number of carbonyl (C=O) groups excluding carboxylic acids is 1. The second kappa shape index (κ2) is 4.99. The molecule has 0 heterocycles. The summed E-state index contributed by atoms with van der Waals surface area (Å²) in [4.78, 5) is 11.2. The Morgan fingerprint density at radius 3 is 2.69 bits per heavy atom. The second-order valence-corrected chi connectivity index (χ2v) is 5.21. The summed E-state index contributed by atoms with van der Waals surface area (Å²) in [6.45, 7) is 3.23. The zero-order chi connectivity index (χ0) is 12.3. The number of hydrogen-bond acceptors (Lipinski definition) is 2. The van der Waals surface area contributed by atoms with Crippen molar-refractivity contribution in [3.05, 3.63) is 33.3 Å². The van der Waals surface area contributed by atoms with Gasteiger partial charge in [0.1, 0.15) is 5.78 Å². The Morgan fingerprint density at radius 1 is 1.62 bits per heavy atom. The van der Waals surface area contributed by atoms with E-state index >= 15 is 0 Å². The molecule has 0 fully saturated rings. The Kier molecular flexibility index (Phi) is 4.12. The molecule has 1 aromatic carbocycles. The van der Waals surface area contributed by atoms with Crippen molar-refractivity contribution >= 4 is 33.3 Å². The molecule has 0 amide bonds. The molecule has 1 rings (SSSR count). The van der Waals surface area contributed by atoms with Crippen LogP contribution in [0.3, 0.4) is 0 Å². The molecule has 0 radical (unpaired) electrons. The van der Waals surface area contributed by atoms with Crippen LogP contribution in [0.25, 0.3) is 0 Å². The van der Waals surface area contributed by atoms with Gasteiger partial charge in [0, 0.05) is 10.9 Å². The molecule has 0 aliphatic rings. The number of benzene rings is 1. The third-order valence-corrected chi connectivity index (χ3v) is 3.64. The molecule has 16 heavy (non-hydrogen) atoms. The molecule has 1 unspecified atom stereocenters. The van der Waals surface area contributed by atoms with Crippen molar-refractivity contribution < 1.29 is 4.79 Å². The van der Waals surface area contributed by atoms with Crippen LogP contribution in [0.5, 0.6) is 0 Å². The van der Waals surface area contributed by atoms with Crippen LogP contribution in [0.2, 0.25) is 5.02 Å². The summed E-state index contributed by atoms with van der Waals surface area (Å²) < 4.78 is 0.779. The van der Waals surface area contributed by atoms with Crippen LogP contribution in [0, 0.1) is 11.3 Å². The third kappa shape index (κ3) is 2.84. The monoisotopic (exact) mass is 299 g/mol. The first-order chi connectivity index (χ1) is 7.39. The Labute approximate surface area is 108 Å². The third-order valence-electron chi connectivity index (χ3n) is 2.41. The number of rotatable bonds is 3. The fraction of sp³-hybridized carbons (Fsp3) is 0.333. The molecular formula is C12H11BrClNO. The lowest BCUT2D eigenvalue weighted by molar-refractivity contribution is -0.117. The molecule has 0 saturated carbocycles. The second-order valence-electron chi connectivity index (χ2n) is 3.95. The summed E-state index contributed by atoms with van der Waals surface area (Å²) in [6.07, 6.45) is 0.196. The van der Waals surface area contributed by atoms with Crippen molar-refractivity contribution in [2.24, 2.45) is 0 Å². The topological polar surface area (TPSA) is 40.9 Å². The molecule has 0 N–H and O–H groups in total. The van der Waals surface area contributed by atoms with E-state index in [-0.39, 0.29) is 12.2 Å². The van der Waals surface area contributed by atoms with E-state index in [2.05, 4.69) is 22.0 Å². The summed E-state index contributed by atoms with van der Waals surface area (Å²) in [7, 11) is 0. The normalized spacial score (nSPS) is 13.9. The highest BCUT2D eigenvalue weighted by Gasteiger charge is 2.28. The maximum Gasteiger partial charge on any atom is 0.131 e. The van der Waals surface area contributed by atoms with Crippen LogP contribution in [0.15, 0.2) is 22.7 Å². The highest BCUT2D eigenvalue weighted by atomic mass is 79.9. The van der Waals surface area contributed by atoms with Gasteiger partial charge in [0.15, 0.2) is 0 Å². The van der Waals surface area contributed by atoms with Crippen LogP contribution in [-0.2, 0) is 10.2 Å². The molecule has 0 spiro atoms. The summed E-state index contributed by atoms with van der Waals surface area (Å²) in [5.74, 6) is -0.0110. The molecule has 1 aromatic rings. The zero-order valence-electron chi connectivity index (χ0n) is 9.05. The maximum atomic E-state index is 11.2. The predicted molar refractivity (Wildman–Crippen MR) is 67.4 cm³/mol. The largest absolute Gasteiger partial charge is 0.300 e. The molecule has 4 heteroatoms. The summed E-state index contributed by atoms with van der Waals surface area (Å²) in [5, 5.41) is 9.73. The van der Waals surface area contributed by atoms with Gasteiger partial charge in [0.25, 0.3) is 0 Å². The van der Waals surface area contributed by atoms with Crippen LogP contribution in [-0.4, -0.2) is 5.78 Å². The van der Waals surface area contributed by atoms with E-state index in [0.717, 1.165) is 10.0 Å². The summed E-state index contributed by atoms with van der Waals surface area (Å²) >= 11 is 9.26. The number of Topliss-reactive ketones (excluding diaryl/α,β-unsaturated/α-hetero) is 1. The number of halogens is 2. The van der Waals surface area contributed by atoms with E-state index in [1.807, 2.05) is 6.07 Å². The van der Waals surface area contributed by atoms with Gasteiger partial charge >= 0.3 is 0 Å². The number of nitriles is 1. The minimum absolute atomic E-state index is 0.0110. The SMILES string of the molecule is CC(=O)CC(C)(C#N)c1ccc(Br)c(Cl)c1. The number of hydrogen-bond donors (Lipinski definition) is 0. The van der Waals surface area contributed by atoms with Gasteiger partial charge < -0.3 is 0 Å². The van der Waals surface area contributed by atoms with Crippen molar-refractivity contribution in [1.29, 1.82) is 5.26 Å². The number of nitrogens with zero attached hydrogens (tertiary/aromatic N) is 1. The quantitative estimate of drug-likeness (QED) is 0.850. The fourth-order valence-corrected chi connectivity index (χ4v) is 1.97. The molecule has 1 atom stereocenters. The van der Waals surface area contributed by atoms with Crippen LogP contribution in [0.4, 0.5) is 0 Å². The van der Waals surface area contributed by atoms with Gasteiger partial charge in [-0.15, -0.1) is 0 Å². The first-order valence-electron chi connectivity index (χ1n) is 4.75. The van der Waals surface area contributed by atoms with Gasteiger partial charge in [0.05, 0.1) is 16.5 Å². The van der Waals surface area contributed by atoms with E-state index in [0.29, 0.717) is 5.02 Å². The van der Waals surface area contributed by atoms with Gasteiger partial charge in [-0.1, -0.05) is 17.7 Å². The lowest BCUT2D eigenvalue weighted by atomic mass is 9.80. The average molecular weight is 301 g/mol. The van der Waals surface area contributed by atoms with E-state index in [4.69, 9.17) is 11.6 Å².